The van der Waals surface area contributed by atoms with Crippen LogP contribution in [0.15, 0.2) is 36.4 Å². The molecule has 0 bridgehead atoms. The van der Waals surface area contributed by atoms with Crippen molar-refractivity contribution in [1.82, 2.24) is 0 Å². The maximum Gasteiger partial charge on any atom is 0.339 e. The van der Waals surface area contributed by atoms with E-state index in [9.17, 15) is 44.1 Å². The number of carboxylic acids is 3. The van der Waals surface area contributed by atoms with Gasteiger partial charge in [-0.25, -0.2) is 9.59 Å². The van der Waals surface area contributed by atoms with Gasteiger partial charge in [-0.05, 0) is 29.8 Å². The van der Waals surface area contributed by atoms with Gasteiger partial charge in [0.1, 0.15) is 23.9 Å². The van der Waals surface area contributed by atoms with E-state index in [0.717, 1.165) is 36.4 Å². The summed E-state index contributed by atoms with van der Waals surface area (Å²) in [4.78, 5) is 68.5. The maximum atomic E-state index is 12.5. The fraction of sp³-hybridized carbons (Fsp3) is 0.0526. The molecule has 0 spiro atoms. The number of hydrogen-bond acceptors (Lipinski definition) is 7. The zero-order valence-electron chi connectivity index (χ0n) is 14.4. The Morgan fingerprint density at radius 3 is 1.79 bits per heavy atom. The third-order valence-electron chi connectivity index (χ3n) is 3.82. The summed E-state index contributed by atoms with van der Waals surface area (Å²) in [6.45, 7) is 0. The van der Waals surface area contributed by atoms with Crippen molar-refractivity contribution in [3.05, 3.63) is 64.2 Å². The van der Waals surface area contributed by atoms with Crippen molar-refractivity contribution in [1.29, 1.82) is 0 Å². The van der Waals surface area contributed by atoms with Crippen LogP contribution in [0.25, 0.3) is 0 Å². The molecule has 2 aromatic carbocycles. The molecule has 0 aliphatic carbocycles. The Labute approximate surface area is 162 Å². The molecule has 29 heavy (non-hydrogen) atoms. The second kappa shape index (κ2) is 8.57. The Morgan fingerprint density at radius 1 is 0.793 bits per heavy atom. The topological polar surface area (TPSA) is 172 Å². The van der Waals surface area contributed by atoms with Crippen LogP contribution in [0.5, 0.6) is 5.75 Å². The van der Waals surface area contributed by atoms with Crippen LogP contribution in [0.4, 0.5) is 0 Å². The van der Waals surface area contributed by atoms with E-state index in [1.807, 2.05) is 0 Å². The first-order valence-electron chi connectivity index (χ1n) is 7.79. The Balaban J connectivity index is 2.51. The van der Waals surface area contributed by atoms with E-state index in [-0.39, 0.29) is 11.1 Å². The summed E-state index contributed by atoms with van der Waals surface area (Å²) in [5.74, 6) is -8.97. The fourth-order valence-electron chi connectivity index (χ4n) is 2.49. The average Bonchev–Trinajstić information content (AvgIpc) is 2.67. The largest absolute Gasteiger partial charge is 0.480 e. The molecule has 0 radical (unpaired) electrons. The molecule has 148 valence electrons. The lowest BCUT2D eigenvalue weighted by molar-refractivity contribution is -0.148. The van der Waals surface area contributed by atoms with E-state index in [1.54, 1.807) is 0 Å². The van der Waals surface area contributed by atoms with Crippen molar-refractivity contribution in [2.24, 2.45) is 0 Å². The minimum atomic E-state index is -2.12. The zero-order chi connectivity index (χ0) is 21.7. The number of carboxylic acid groups (broad SMARTS) is 3. The lowest BCUT2D eigenvalue weighted by Gasteiger charge is -2.16. The Bertz CT molecular complexity index is 1040. The lowest BCUT2D eigenvalue weighted by Crippen LogP contribution is -2.28. The molecule has 0 heterocycles. The maximum absolute atomic E-state index is 12.5. The van der Waals surface area contributed by atoms with Gasteiger partial charge < -0.3 is 20.1 Å². The Hall–Kier alpha value is -4.34. The van der Waals surface area contributed by atoms with Crippen molar-refractivity contribution in [2.75, 3.05) is 0 Å². The second-order valence-electron chi connectivity index (χ2n) is 5.64. The third kappa shape index (κ3) is 4.50. The first kappa shape index (κ1) is 21.0. The van der Waals surface area contributed by atoms with Crippen molar-refractivity contribution in [3.8, 4) is 5.75 Å². The van der Waals surface area contributed by atoms with Crippen LogP contribution < -0.4 is 4.74 Å². The van der Waals surface area contributed by atoms with Crippen LogP contribution in [0.1, 0.15) is 52.9 Å². The lowest BCUT2D eigenvalue weighted by atomic mass is 9.92. The molecule has 10 heteroatoms. The fourth-order valence-corrected chi connectivity index (χ4v) is 2.49. The molecule has 0 aromatic heterocycles. The van der Waals surface area contributed by atoms with E-state index in [4.69, 9.17) is 4.74 Å². The number of ether oxygens (including phenoxy) is 1. The highest BCUT2D eigenvalue weighted by molar-refractivity contribution is 6.05. The van der Waals surface area contributed by atoms with E-state index < -0.39 is 52.2 Å². The molecule has 10 nitrogen and oxygen atoms in total. The first-order valence-corrected chi connectivity index (χ1v) is 7.79. The summed E-state index contributed by atoms with van der Waals surface area (Å²) in [7, 11) is 0. The van der Waals surface area contributed by atoms with Crippen molar-refractivity contribution in [2.45, 2.75) is 5.92 Å². The molecule has 0 saturated heterocycles. The van der Waals surface area contributed by atoms with Crippen LogP contribution in [0.2, 0.25) is 0 Å². The number of carbonyl (C=O) groups excluding carboxylic acids is 3. The molecule has 2 aromatic rings. The van der Waals surface area contributed by atoms with Gasteiger partial charge >= 0.3 is 23.9 Å². The van der Waals surface area contributed by atoms with Crippen LogP contribution in [-0.4, -0.2) is 51.8 Å². The summed E-state index contributed by atoms with van der Waals surface area (Å²) < 4.78 is 4.90. The summed E-state index contributed by atoms with van der Waals surface area (Å²) >= 11 is 0. The molecule has 0 aliphatic rings. The summed E-state index contributed by atoms with van der Waals surface area (Å²) in [5.41, 5.74) is -1.70. The molecule has 2 rings (SSSR count). The summed E-state index contributed by atoms with van der Waals surface area (Å²) in [6.07, 6.45) is 0.712. The molecular weight excluding hydrogens is 388 g/mol. The van der Waals surface area contributed by atoms with Gasteiger partial charge in [0, 0.05) is 11.1 Å². The van der Waals surface area contributed by atoms with Gasteiger partial charge in [0.15, 0.2) is 5.92 Å². The van der Waals surface area contributed by atoms with Crippen molar-refractivity contribution < 1.29 is 48.8 Å². The zero-order valence-corrected chi connectivity index (χ0v) is 14.4. The van der Waals surface area contributed by atoms with Gasteiger partial charge in [-0.3, -0.25) is 19.2 Å². The summed E-state index contributed by atoms with van der Waals surface area (Å²) in [6, 6.07) is 6.09. The number of esters is 1. The van der Waals surface area contributed by atoms with E-state index in [1.165, 1.54) is 0 Å². The predicted molar refractivity (Wildman–Crippen MR) is 93.6 cm³/mol. The number of aromatic carboxylic acids is 2. The smallest absolute Gasteiger partial charge is 0.339 e. The van der Waals surface area contributed by atoms with Gasteiger partial charge in [0.25, 0.3) is 0 Å². The van der Waals surface area contributed by atoms with Crippen LogP contribution in [0, 0.1) is 0 Å². The number of aliphatic carboxylic acids is 1. The standard InChI is InChI=1S/C19H12O10/c20-7-9-1-3-11(12(5-9)16(22)23)15(18(26)27)19(28)29-14-4-2-10(8-21)6-13(14)17(24)25/h1-8,15H,(H,22,23)(H,24,25)(H,26,27). The monoisotopic (exact) mass is 400 g/mol. The van der Waals surface area contributed by atoms with Crippen LogP contribution in [0.3, 0.4) is 0 Å². The Morgan fingerprint density at radius 2 is 1.31 bits per heavy atom. The highest BCUT2D eigenvalue weighted by atomic mass is 16.5. The predicted octanol–water partition coefficient (Wildman–Crippen LogP) is 1.48. The van der Waals surface area contributed by atoms with Gasteiger partial charge in [-0.1, -0.05) is 12.1 Å². The number of benzene rings is 2. The molecule has 1 atom stereocenters. The Kier molecular flexibility index (Phi) is 6.19. The first-order chi connectivity index (χ1) is 13.7. The number of hydrogen-bond donors (Lipinski definition) is 3. The molecule has 1 unspecified atom stereocenters. The molecule has 0 aliphatic heterocycles. The van der Waals surface area contributed by atoms with Gasteiger partial charge in [0.05, 0.1) is 5.56 Å². The van der Waals surface area contributed by atoms with Crippen LogP contribution >= 0.6 is 0 Å². The third-order valence-corrected chi connectivity index (χ3v) is 3.82. The highest BCUT2D eigenvalue weighted by Crippen LogP contribution is 2.27. The van der Waals surface area contributed by atoms with Crippen LogP contribution in [-0.2, 0) is 9.59 Å². The molecule has 0 amide bonds. The number of carbonyl (C=O) groups is 6. The van der Waals surface area contributed by atoms with Gasteiger partial charge in [-0.15, -0.1) is 0 Å². The van der Waals surface area contributed by atoms with E-state index >= 15 is 0 Å². The minimum Gasteiger partial charge on any atom is -0.480 e. The van der Waals surface area contributed by atoms with Crippen molar-refractivity contribution >= 4 is 36.4 Å². The molecule has 3 N–H and O–H groups in total. The quantitative estimate of drug-likeness (QED) is 0.255. The van der Waals surface area contributed by atoms with Gasteiger partial charge in [0.2, 0.25) is 0 Å². The van der Waals surface area contributed by atoms with E-state index in [0.29, 0.717) is 12.6 Å². The molecular formula is C19H12O10. The van der Waals surface area contributed by atoms with E-state index in [2.05, 4.69) is 0 Å². The SMILES string of the molecule is O=Cc1ccc(OC(=O)C(C(=O)O)c2ccc(C=O)cc2C(=O)O)c(C(=O)O)c1. The minimum absolute atomic E-state index is 0.0189. The molecule has 0 fully saturated rings. The number of rotatable bonds is 8. The molecule has 0 saturated carbocycles. The van der Waals surface area contributed by atoms with Gasteiger partial charge in [-0.2, -0.15) is 0 Å². The highest BCUT2D eigenvalue weighted by Gasteiger charge is 2.34. The number of aldehydes is 2. The normalized spacial score (nSPS) is 11.2. The second-order valence-corrected chi connectivity index (χ2v) is 5.64. The van der Waals surface area contributed by atoms with Crippen molar-refractivity contribution in [3.63, 3.8) is 0 Å². The summed E-state index contributed by atoms with van der Waals surface area (Å²) in [5, 5.41) is 27.9. The average molecular weight is 400 g/mol.